The van der Waals surface area contributed by atoms with E-state index in [0.29, 0.717) is 0 Å². The van der Waals surface area contributed by atoms with E-state index in [1.165, 1.54) is 63.4 Å². The molecule has 0 saturated heterocycles. The normalized spacial score (nSPS) is 11.0. The van der Waals surface area contributed by atoms with Gasteiger partial charge in [-0.25, -0.2) is 0 Å². The third kappa shape index (κ3) is 11.8. The fourth-order valence-electron chi connectivity index (χ4n) is 2.74. The van der Waals surface area contributed by atoms with Gasteiger partial charge in [0.2, 0.25) is 0 Å². The molecule has 0 bridgehead atoms. The zero-order chi connectivity index (χ0) is 15.7. The Bertz CT molecular complexity index is 320. The Morgan fingerprint density at radius 1 is 0.636 bits per heavy atom. The van der Waals surface area contributed by atoms with Crippen LogP contribution in [0, 0.1) is 6.92 Å². The van der Waals surface area contributed by atoms with E-state index in [1.807, 2.05) is 0 Å². The first-order chi connectivity index (χ1) is 10.9. The van der Waals surface area contributed by atoms with Crippen LogP contribution in [0.5, 0.6) is 0 Å². The van der Waals surface area contributed by atoms with Crippen molar-refractivity contribution in [3.05, 3.63) is 42.8 Å². The van der Waals surface area contributed by atoms with Crippen molar-refractivity contribution < 1.29 is 4.74 Å². The Hall–Kier alpha value is -0.820. The highest BCUT2D eigenvalue weighted by Crippen LogP contribution is 2.10. The van der Waals surface area contributed by atoms with Gasteiger partial charge >= 0.3 is 0 Å². The SMILES string of the molecule is [CH2]CCCCCCCCCCCOCCCc1ccccc1. The Morgan fingerprint density at radius 2 is 1.18 bits per heavy atom. The quantitative estimate of drug-likeness (QED) is 0.342. The fraction of sp³-hybridized carbons (Fsp3) is 0.667. The Kier molecular flexibility index (Phi) is 13.2. The lowest BCUT2D eigenvalue weighted by molar-refractivity contribution is 0.127. The summed E-state index contributed by atoms with van der Waals surface area (Å²) < 4.78 is 5.72. The van der Waals surface area contributed by atoms with E-state index in [0.717, 1.165) is 32.5 Å². The van der Waals surface area contributed by atoms with Crippen molar-refractivity contribution in [1.82, 2.24) is 0 Å². The highest BCUT2D eigenvalue weighted by atomic mass is 16.5. The molecule has 22 heavy (non-hydrogen) atoms. The van der Waals surface area contributed by atoms with E-state index in [9.17, 15) is 0 Å². The molecule has 0 aliphatic carbocycles. The maximum absolute atomic E-state index is 5.72. The minimum absolute atomic E-state index is 0.904. The summed E-state index contributed by atoms with van der Waals surface area (Å²) in [5, 5.41) is 0. The van der Waals surface area contributed by atoms with Gasteiger partial charge in [-0.05, 0) is 24.8 Å². The van der Waals surface area contributed by atoms with Crippen LogP contribution in [-0.4, -0.2) is 13.2 Å². The van der Waals surface area contributed by atoms with E-state index in [1.54, 1.807) is 0 Å². The molecule has 0 aliphatic rings. The molecule has 0 amide bonds. The topological polar surface area (TPSA) is 9.23 Å². The second-order valence-electron chi connectivity index (χ2n) is 6.24. The first kappa shape index (κ1) is 19.2. The van der Waals surface area contributed by atoms with Gasteiger partial charge in [0.1, 0.15) is 0 Å². The van der Waals surface area contributed by atoms with Gasteiger partial charge in [-0.1, -0.05) is 95.0 Å². The van der Waals surface area contributed by atoms with E-state index < -0.39 is 0 Å². The number of aryl methyl sites for hydroxylation is 1. The van der Waals surface area contributed by atoms with Gasteiger partial charge in [0.25, 0.3) is 0 Å². The molecule has 1 aromatic carbocycles. The Balaban J connectivity index is 1.73. The van der Waals surface area contributed by atoms with Crippen LogP contribution in [0.1, 0.15) is 76.2 Å². The van der Waals surface area contributed by atoms with Crippen LogP contribution in [0.25, 0.3) is 0 Å². The molecule has 125 valence electrons. The standard InChI is InChI=1S/C21H35O/c1-2-3-4-5-6-7-8-9-10-14-19-22-20-15-18-21-16-12-11-13-17-21/h11-13,16-17H,1-10,14-15,18-20H2. The number of hydrogen-bond donors (Lipinski definition) is 0. The maximum atomic E-state index is 5.72. The van der Waals surface area contributed by atoms with Crippen molar-refractivity contribution in [2.24, 2.45) is 0 Å². The summed E-state index contributed by atoms with van der Waals surface area (Å²) in [6.07, 6.45) is 15.6. The summed E-state index contributed by atoms with van der Waals surface area (Å²) in [5.74, 6) is 0. The molecule has 1 nitrogen and oxygen atoms in total. The van der Waals surface area contributed by atoms with Crippen LogP contribution >= 0.6 is 0 Å². The smallest absolute Gasteiger partial charge is 0.0469 e. The molecule has 1 radical (unpaired) electrons. The summed E-state index contributed by atoms with van der Waals surface area (Å²) in [4.78, 5) is 0. The van der Waals surface area contributed by atoms with E-state index in [2.05, 4.69) is 37.3 Å². The van der Waals surface area contributed by atoms with Crippen molar-refractivity contribution in [2.75, 3.05) is 13.2 Å². The second kappa shape index (κ2) is 15.1. The molecule has 0 aliphatic heterocycles. The number of unbranched alkanes of at least 4 members (excludes halogenated alkanes) is 9. The van der Waals surface area contributed by atoms with Crippen molar-refractivity contribution in [3.63, 3.8) is 0 Å². The molecule has 0 spiro atoms. The third-order valence-corrected chi connectivity index (χ3v) is 4.14. The number of rotatable bonds is 15. The molecular formula is C21H35O. The van der Waals surface area contributed by atoms with E-state index in [4.69, 9.17) is 4.74 Å². The number of benzene rings is 1. The highest BCUT2D eigenvalue weighted by molar-refractivity contribution is 5.14. The Morgan fingerprint density at radius 3 is 1.82 bits per heavy atom. The molecular weight excluding hydrogens is 268 g/mol. The largest absolute Gasteiger partial charge is 0.381 e. The monoisotopic (exact) mass is 303 g/mol. The van der Waals surface area contributed by atoms with Crippen LogP contribution < -0.4 is 0 Å². The maximum Gasteiger partial charge on any atom is 0.0469 e. The predicted molar refractivity (Wildman–Crippen MR) is 97.1 cm³/mol. The van der Waals surface area contributed by atoms with Crippen molar-refractivity contribution >= 4 is 0 Å². The number of ether oxygens (including phenoxy) is 1. The van der Waals surface area contributed by atoms with Crippen LogP contribution in [-0.2, 0) is 11.2 Å². The van der Waals surface area contributed by atoms with Gasteiger partial charge in [0.05, 0.1) is 0 Å². The molecule has 0 unspecified atom stereocenters. The average Bonchev–Trinajstić information content (AvgIpc) is 2.56. The lowest BCUT2D eigenvalue weighted by Crippen LogP contribution is -1.98. The molecule has 1 rings (SSSR count). The first-order valence-electron chi connectivity index (χ1n) is 9.34. The third-order valence-electron chi connectivity index (χ3n) is 4.14. The highest BCUT2D eigenvalue weighted by Gasteiger charge is 1.95. The second-order valence-corrected chi connectivity index (χ2v) is 6.24. The predicted octanol–water partition coefficient (Wildman–Crippen LogP) is 6.37. The van der Waals surface area contributed by atoms with Crippen LogP contribution in [0.2, 0.25) is 0 Å². The van der Waals surface area contributed by atoms with Gasteiger partial charge in [0.15, 0.2) is 0 Å². The molecule has 0 aromatic heterocycles. The van der Waals surface area contributed by atoms with E-state index in [-0.39, 0.29) is 0 Å². The molecule has 1 aromatic rings. The fourth-order valence-corrected chi connectivity index (χ4v) is 2.74. The summed E-state index contributed by atoms with van der Waals surface area (Å²) in [6, 6.07) is 10.7. The summed E-state index contributed by atoms with van der Waals surface area (Å²) >= 11 is 0. The van der Waals surface area contributed by atoms with Crippen LogP contribution in [0.3, 0.4) is 0 Å². The molecule has 1 heteroatoms. The molecule has 0 fully saturated rings. The molecule has 0 saturated carbocycles. The van der Waals surface area contributed by atoms with Gasteiger partial charge in [-0.15, -0.1) is 0 Å². The van der Waals surface area contributed by atoms with Crippen LogP contribution in [0.4, 0.5) is 0 Å². The van der Waals surface area contributed by atoms with Gasteiger partial charge < -0.3 is 4.74 Å². The number of hydrogen-bond acceptors (Lipinski definition) is 1. The minimum atomic E-state index is 0.904. The van der Waals surface area contributed by atoms with Crippen LogP contribution in [0.15, 0.2) is 30.3 Å². The zero-order valence-electron chi connectivity index (χ0n) is 14.4. The summed E-state index contributed by atoms with van der Waals surface area (Å²) in [6.45, 7) is 5.73. The van der Waals surface area contributed by atoms with Crippen molar-refractivity contribution in [3.8, 4) is 0 Å². The van der Waals surface area contributed by atoms with Crippen molar-refractivity contribution in [1.29, 1.82) is 0 Å². The lowest BCUT2D eigenvalue weighted by Gasteiger charge is -2.05. The van der Waals surface area contributed by atoms with E-state index >= 15 is 0 Å². The molecule has 0 atom stereocenters. The molecule has 0 heterocycles. The molecule has 0 N–H and O–H groups in total. The first-order valence-corrected chi connectivity index (χ1v) is 9.34. The summed E-state index contributed by atoms with van der Waals surface area (Å²) in [7, 11) is 0. The van der Waals surface area contributed by atoms with Gasteiger partial charge in [-0.3, -0.25) is 0 Å². The minimum Gasteiger partial charge on any atom is -0.381 e. The van der Waals surface area contributed by atoms with Gasteiger partial charge in [0, 0.05) is 13.2 Å². The zero-order valence-corrected chi connectivity index (χ0v) is 14.4. The lowest BCUT2D eigenvalue weighted by atomic mass is 10.1. The van der Waals surface area contributed by atoms with Gasteiger partial charge in [-0.2, -0.15) is 0 Å². The van der Waals surface area contributed by atoms with Crippen molar-refractivity contribution in [2.45, 2.75) is 77.0 Å². The average molecular weight is 304 g/mol. The summed E-state index contributed by atoms with van der Waals surface area (Å²) in [5.41, 5.74) is 1.42. The Labute approximate surface area is 138 Å².